The highest BCUT2D eigenvalue weighted by Crippen LogP contribution is 2.17. The van der Waals surface area contributed by atoms with Crippen molar-refractivity contribution < 1.29 is 18.4 Å². The van der Waals surface area contributed by atoms with Gasteiger partial charge in [0.2, 0.25) is 5.91 Å². The van der Waals surface area contributed by atoms with E-state index in [2.05, 4.69) is 16.0 Å². The molecule has 0 aromatic heterocycles. The Labute approximate surface area is 142 Å². The Morgan fingerprint density at radius 2 is 1.88 bits per heavy atom. The molecule has 0 aliphatic carbocycles. The molecule has 0 heterocycles. The quantitative estimate of drug-likeness (QED) is 0.795. The highest BCUT2D eigenvalue weighted by molar-refractivity contribution is 5.94. The predicted octanol–water partition coefficient (Wildman–Crippen LogP) is 2.45. The zero-order chi connectivity index (χ0) is 18.4. The first kappa shape index (κ1) is 17.9. The van der Waals surface area contributed by atoms with Crippen LogP contribution in [0.25, 0.3) is 0 Å². The maximum Gasteiger partial charge on any atom is 0.320 e. The molecule has 25 heavy (non-hydrogen) atoms. The molecule has 0 saturated heterocycles. The van der Waals surface area contributed by atoms with E-state index < -0.39 is 29.6 Å². The van der Waals surface area contributed by atoms with Crippen LogP contribution in [-0.4, -0.2) is 19.0 Å². The second-order valence-corrected chi connectivity index (χ2v) is 5.01. The van der Waals surface area contributed by atoms with E-state index in [9.17, 15) is 18.4 Å². The van der Waals surface area contributed by atoms with Gasteiger partial charge in [0.25, 0.3) is 0 Å². The molecule has 0 bridgehead atoms. The van der Waals surface area contributed by atoms with E-state index in [1.807, 2.05) is 6.07 Å². The summed E-state index contributed by atoms with van der Waals surface area (Å²) in [5, 5.41) is 16.0. The zero-order valence-electron chi connectivity index (χ0n) is 13.1. The van der Waals surface area contributed by atoms with Gasteiger partial charge in [0.15, 0.2) is 11.6 Å². The number of hydrogen-bond donors (Lipinski definition) is 3. The molecule has 1 atom stereocenters. The largest absolute Gasteiger partial charge is 0.357 e. The van der Waals surface area contributed by atoms with Crippen LogP contribution < -0.4 is 16.0 Å². The summed E-state index contributed by atoms with van der Waals surface area (Å²) in [4.78, 5) is 24.1. The Kier molecular flexibility index (Phi) is 5.63. The molecule has 2 aromatic rings. The molecule has 2 aromatic carbocycles. The molecule has 0 aliphatic rings. The topological polar surface area (TPSA) is 94.0 Å². The summed E-state index contributed by atoms with van der Waals surface area (Å²) in [7, 11) is 1.35. The normalized spacial score (nSPS) is 11.1. The van der Waals surface area contributed by atoms with Crippen molar-refractivity contribution in [2.45, 2.75) is 6.04 Å². The lowest BCUT2D eigenvalue weighted by Gasteiger charge is -2.18. The third kappa shape index (κ3) is 4.51. The van der Waals surface area contributed by atoms with E-state index in [4.69, 9.17) is 5.26 Å². The minimum Gasteiger partial charge on any atom is -0.357 e. The number of halogens is 2. The highest BCUT2D eigenvalue weighted by Gasteiger charge is 2.23. The predicted molar refractivity (Wildman–Crippen MR) is 86.5 cm³/mol. The smallest absolute Gasteiger partial charge is 0.320 e. The van der Waals surface area contributed by atoms with Gasteiger partial charge in [-0.1, -0.05) is 12.1 Å². The van der Waals surface area contributed by atoms with Crippen molar-refractivity contribution in [1.82, 2.24) is 10.6 Å². The molecule has 6 nitrogen and oxygen atoms in total. The Balaban J connectivity index is 2.18. The summed E-state index contributed by atoms with van der Waals surface area (Å²) in [6.07, 6.45) is 0. The Hall–Kier alpha value is -3.47. The molecule has 0 saturated carbocycles. The number of nitrogens with zero attached hydrogens (tertiary/aromatic N) is 1. The number of nitrogens with one attached hydrogen (secondary N) is 3. The fourth-order valence-corrected chi connectivity index (χ4v) is 2.10. The van der Waals surface area contributed by atoms with Gasteiger partial charge in [0.05, 0.1) is 11.6 Å². The number of carbonyl (C=O) groups is 2. The summed E-state index contributed by atoms with van der Waals surface area (Å²) in [6, 6.07) is 9.05. The van der Waals surface area contributed by atoms with Crippen LogP contribution in [0.3, 0.4) is 0 Å². The van der Waals surface area contributed by atoms with Crippen molar-refractivity contribution in [1.29, 1.82) is 5.26 Å². The van der Waals surface area contributed by atoms with Gasteiger partial charge in [-0.25, -0.2) is 13.6 Å². The summed E-state index contributed by atoms with van der Waals surface area (Å²) in [6.45, 7) is 0. The van der Waals surface area contributed by atoms with E-state index in [1.165, 1.54) is 19.2 Å². The first-order chi connectivity index (χ1) is 11.9. The molecular weight excluding hydrogens is 330 g/mol. The second-order valence-electron chi connectivity index (χ2n) is 5.01. The van der Waals surface area contributed by atoms with Crippen LogP contribution in [0.15, 0.2) is 42.5 Å². The van der Waals surface area contributed by atoms with Crippen LogP contribution in [0.4, 0.5) is 19.3 Å². The summed E-state index contributed by atoms with van der Waals surface area (Å²) in [5.74, 6) is -2.79. The SMILES string of the molecule is CNC(=O)[C@H](NC(=O)Nc1cccc(C#N)c1)c1ccc(F)c(F)c1. The molecule has 8 heteroatoms. The molecule has 0 aliphatic heterocycles. The van der Waals surface area contributed by atoms with Crippen molar-refractivity contribution in [3.8, 4) is 6.07 Å². The lowest BCUT2D eigenvalue weighted by Crippen LogP contribution is -2.41. The van der Waals surface area contributed by atoms with Crippen molar-refractivity contribution in [2.75, 3.05) is 12.4 Å². The van der Waals surface area contributed by atoms with Crippen molar-refractivity contribution in [2.24, 2.45) is 0 Å². The number of rotatable bonds is 4. The summed E-state index contributed by atoms with van der Waals surface area (Å²) in [5.41, 5.74) is 0.776. The maximum absolute atomic E-state index is 13.4. The number of hydrogen-bond acceptors (Lipinski definition) is 3. The van der Waals surface area contributed by atoms with Gasteiger partial charge in [-0.2, -0.15) is 5.26 Å². The monoisotopic (exact) mass is 344 g/mol. The molecular formula is C17H14F2N4O2. The molecule has 3 amide bonds. The molecule has 0 radical (unpaired) electrons. The van der Waals surface area contributed by atoms with Gasteiger partial charge in [0, 0.05) is 12.7 Å². The third-order valence-corrected chi connectivity index (χ3v) is 3.31. The van der Waals surface area contributed by atoms with E-state index in [0.717, 1.165) is 12.1 Å². The van der Waals surface area contributed by atoms with E-state index in [0.29, 0.717) is 11.3 Å². The fraction of sp³-hybridized carbons (Fsp3) is 0.118. The van der Waals surface area contributed by atoms with Crippen molar-refractivity contribution in [3.63, 3.8) is 0 Å². The molecule has 3 N–H and O–H groups in total. The lowest BCUT2D eigenvalue weighted by atomic mass is 10.1. The van der Waals surface area contributed by atoms with Crippen LogP contribution in [0, 0.1) is 23.0 Å². The number of nitriles is 1. The molecule has 128 valence electrons. The van der Waals surface area contributed by atoms with Crippen LogP contribution in [-0.2, 0) is 4.79 Å². The van der Waals surface area contributed by atoms with Crippen molar-refractivity contribution >= 4 is 17.6 Å². The number of anilines is 1. The Morgan fingerprint density at radius 3 is 2.52 bits per heavy atom. The van der Waals surface area contributed by atoms with E-state index in [1.54, 1.807) is 18.2 Å². The van der Waals surface area contributed by atoms with Gasteiger partial charge in [-0.05, 0) is 35.9 Å². The maximum atomic E-state index is 13.4. The number of urea groups is 1. The summed E-state index contributed by atoms with van der Waals surface area (Å²) >= 11 is 0. The summed E-state index contributed by atoms with van der Waals surface area (Å²) < 4.78 is 26.5. The van der Waals surface area contributed by atoms with Gasteiger partial charge < -0.3 is 16.0 Å². The highest BCUT2D eigenvalue weighted by atomic mass is 19.2. The average molecular weight is 344 g/mol. The second kappa shape index (κ2) is 7.88. The zero-order valence-corrected chi connectivity index (χ0v) is 13.1. The van der Waals surface area contributed by atoms with Gasteiger partial charge in [-0.15, -0.1) is 0 Å². The van der Waals surface area contributed by atoms with Gasteiger partial charge in [0.1, 0.15) is 6.04 Å². The minimum absolute atomic E-state index is 0.0826. The Bertz CT molecular complexity index is 849. The van der Waals surface area contributed by atoms with E-state index in [-0.39, 0.29) is 5.56 Å². The number of carbonyl (C=O) groups excluding carboxylic acids is 2. The third-order valence-electron chi connectivity index (χ3n) is 3.31. The van der Waals surface area contributed by atoms with Gasteiger partial charge >= 0.3 is 6.03 Å². The first-order valence-corrected chi connectivity index (χ1v) is 7.19. The lowest BCUT2D eigenvalue weighted by molar-refractivity contribution is -0.122. The molecule has 0 unspecified atom stereocenters. The standard InChI is InChI=1S/C17H14F2N4O2/c1-21-16(24)15(11-5-6-13(18)14(19)8-11)23-17(25)22-12-4-2-3-10(7-12)9-20/h2-8,15H,1H3,(H,21,24)(H2,22,23,25)/t15-/m1/s1. The van der Waals surface area contributed by atoms with Crippen LogP contribution in [0.5, 0.6) is 0 Å². The number of amides is 3. The fourth-order valence-electron chi connectivity index (χ4n) is 2.10. The number of likely N-dealkylation sites (N-methyl/N-ethyl adjacent to an activating group) is 1. The number of benzene rings is 2. The van der Waals surface area contributed by atoms with Crippen LogP contribution in [0.1, 0.15) is 17.2 Å². The van der Waals surface area contributed by atoms with Crippen LogP contribution >= 0.6 is 0 Å². The van der Waals surface area contributed by atoms with E-state index >= 15 is 0 Å². The Morgan fingerprint density at radius 1 is 1.12 bits per heavy atom. The average Bonchev–Trinajstić information content (AvgIpc) is 2.61. The molecule has 2 rings (SSSR count). The molecule has 0 fully saturated rings. The van der Waals surface area contributed by atoms with Crippen LogP contribution in [0.2, 0.25) is 0 Å². The van der Waals surface area contributed by atoms with Crippen molar-refractivity contribution in [3.05, 3.63) is 65.2 Å². The first-order valence-electron chi connectivity index (χ1n) is 7.19. The minimum atomic E-state index is -1.22. The van der Waals surface area contributed by atoms with Gasteiger partial charge in [-0.3, -0.25) is 4.79 Å². The molecule has 0 spiro atoms.